The van der Waals surface area contributed by atoms with Crippen molar-refractivity contribution in [2.75, 3.05) is 26.0 Å². The van der Waals surface area contributed by atoms with Gasteiger partial charge in [0.15, 0.2) is 0 Å². The first-order chi connectivity index (χ1) is 7.01. The number of nitrogens with zero attached hydrogens (tertiary/aromatic N) is 1. The summed E-state index contributed by atoms with van der Waals surface area (Å²) in [4.78, 5) is 0.348. The van der Waals surface area contributed by atoms with Crippen molar-refractivity contribution in [1.82, 2.24) is 4.31 Å². The van der Waals surface area contributed by atoms with Crippen molar-refractivity contribution in [2.45, 2.75) is 11.3 Å². The van der Waals surface area contributed by atoms with Crippen LogP contribution in [0, 0.1) is 0 Å². The topological polar surface area (TPSA) is 49.4 Å². The Hall–Kier alpha value is -1.07. The molecule has 1 aromatic rings. The Labute approximate surface area is 90.0 Å². The summed E-state index contributed by atoms with van der Waals surface area (Å²) >= 11 is 0. The van der Waals surface area contributed by atoms with Gasteiger partial charge in [-0.2, -0.15) is 0 Å². The van der Waals surface area contributed by atoms with Crippen LogP contribution in [0.15, 0.2) is 23.1 Å². The molecule has 0 saturated heterocycles. The molecule has 0 unspecified atom stereocenters. The lowest BCUT2D eigenvalue weighted by molar-refractivity contribution is 0.521. The second kappa shape index (κ2) is 3.50. The van der Waals surface area contributed by atoms with E-state index in [-0.39, 0.29) is 0 Å². The molecule has 1 aromatic carbocycles. The third-order valence-corrected chi connectivity index (χ3v) is 4.38. The van der Waals surface area contributed by atoms with Crippen LogP contribution in [0.2, 0.25) is 0 Å². The lowest BCUT2D eigenvalue weighted by Gasteiger charge is -2.12. The van der Waals surface area contributed by atoms with Crippen molar-refractivity contribution in [2.24, 2.45) is 0 Å². The van der Waals surface area contributed by atoms with Crippen molar-refractivity contribution in [3.8, 4) is 0 Å². The molecular weight excluding hydrogens is 212 g/mol. The molecule has 1 aliphatic rings. The van der Waals surface area contributed by atoms with Gasteiger partial charge in [-0.25, -0.2) is 12.7 Å². The number of anilines is 1. The van der Waals surface area contributed by atoms with E-state index in [0.717, 1.165) is 18.7 Å². The number of rotatable bonds is 2. The molecule has 1 aliphatic heterocycles. The highest BCUT2D eigenvalue weighted by Gasteiger charge is 2.19. The van der Waals surface area contributed by atoms with Crippen molar-refractivity contribution < 1.29 is 8.42 Å². The van der Waals surface area contributed by atoms with E-state index in [1.807, 2.05) is 6.07 Å². The smallest absolute Gasteiger partial charge is 0.242 e. The molecule has 0 aliphatic carbocycles. The zero-order chi connectivity index (χ0) is 11.1. The molecule has 82 valence electrons. The molecule has 4 nitrogen and oxygen atoms in total. The highest BCUT2D eigenvalue weighted by Crippen LogP contribution is 2.26. The minimum atomic E-state index is -3.31. The molecule has 2 rings (SSSR count). The fraction of sp³-hybridized carbons (Fsp3) is 0.400. The largest absolute Gasteiger partial charge is 0.384 e. The molecule has 0 amide bonds. The molecule has 0 fully saturated rings. The summed E-state index contributed by atoms with van der Waals surface area (Å²) in [5.74, 6) is 0. The normalized spacial score (nSPS) is 15.1. The van der Waals surface area contributed by atoms with Crippen LogP contribution in [0.1, 0.15) is 5.56 Å². The number of hydrogen-bond donors (Lipinski definition) is 1. The first kappa shape index (κ1) is 10.4. The molecule has 0 aromatic heterocycles. The minimum Gasteiger partial charge on any atom is -0.384 e. The number of benzene rings is 1. The quantitative estimate of drug-likeness (QED) is 0.815. The van der Waals surface area contributed by atoms with Gasteiger partial charge in [0.2, 0.25) is 10.0 Å². The molecule has 0 radical (unpaired) electrons. The summed E-state index contributed by atoms with van der Waals surface area (Å²) < 4.78 is 24.9. The van der Waals surface area contributed by atoms with Crippen molar-refractivity contribution in [1.29, 1.82) is 0 Å². The van der Waals surface area contributed by atoms with Gasteiger partial charge in [0.05, 0.1) is 4.90 Å². The highest BCUT2D eigenvalue weighted by molar-refractivity contribution is 7.89. The zero-order valence-electron chi connectivity index (χ0n) is 8.82. The van der Waals surface area contributed by atoms with Gasteiger partial charge in [0, 0.05) is 26.3 Å². The van der Waals surface area contributed by atoms with Crippen LogP contribution in [-0.4, -0.2) is 33.4 Å². The second-order valence-electron chi connectivity index (χ2n) is 3.78. The van der Waals surface area contributed by atoms with Gasteiger partial charge in [-0.3, -0.25) is 0 Å². The predicted octanol–water partition coefficient (Wildman–Crippen LogP) is 0.905. The summed E-state index contributed by atoms with van der Waals surface area (Å²) in [6.45, 7) is 0.890. The van der Waals surface area contributed by atoms with Gasteiger partial charge in [-0.15, -0.1) is 0 Å². The molecule has 1 heterocycles. The molecule has 5 heteroatoms. The maximum Gasteiger partial charge on any atom is 0.242 e. The summed E-state index contributed by atoms with van der Waals surface area (Å²) in [7, 11) is -0.230. The van der Waals surface area contributed by atoms with E-state index >= 15 is 0 Å². The average Bonchev–Trinajstić information content (AvgIpc) is 2.63. The van der Waals surface area contributed by atoms with Crippen LogP contribution >= 0.6 is 0 Å². The summed E-state index contributed by atoms with van der Waals surface area (Å²) in [6.07, 6.45) is 0.970. The third kappa shape index (κ3) is 1.72. The minimum absolute atomic E-state index is 0.348. The van der Waals surface area contributed by atoms with E-state index < -0.39 is 10.0 Å². The number of fused-ring (bicyclic) bond motifs is 1. The maximum absolute atomic E-state index is 11.8. The number of sulfonamides is 1. The van der Waals surface area contributed by atoms with Gasteiger partial charge in [0.25, 0.3) is 0 Å². The molecule has 0 spiro atoms. The summed E-state index contributed by atoms with van der Waals surface area (Å²) in [5, 5.41) is 3.17. The summed E-state index contributed by atoms with van der Waals surface area (Å²) in [5.41, 5.74) is 2.13. The standard InChI is InChI=1S/C10H14N2O2S/c1-12(2)15(13,14)9-4-3-8-5-6-11-10(8)7-9/h3-4,7,11H,5-6H2,1-2H3. The fourth-order valence-corrected chi connectivity index (χ4v) is 2.57. The molecule has 0 bridgehead atoms. The van der Waals surface area contributed by atoms with Crippen LogP contribution in [0.4, 0.5) is 5.69 Å². The molecule has 1 N–H and O–H groups in total. The lowest BCUT2D eigenvalue weighted by atomic mass is 10.2. The zero-order valence-corrected chi connectivity index (χ0v) is 9.63. The van der Waals surface area contributed by atoms with Gasteiger partial charge >= 0.3 is 0 Å². The van der Waals surface area contributed by atoms with Gasteiger partial charge in [-0.1, -0.05) is 6.07 Å². The van der Waals surface area contributed by atoms with E-state index in [9.17, 15) is 8.42 Å². The Morgan fingerprint density at radius 1 is 1.33 bits per heavy atom. The first-order valence-corrected chi connectivity index (χ1v) is 6.25. The molecule has 0 atom stereocenters. The Morgan fingerprint density at radius 2 is 2.07 bits per heavy atom. The van der Waals surface area contributed by atoms with E-state index in [4.69, 9.17) is 0 Å². The molecule has 0 saturated carbocycles. The number of nitrogens with one attached hydrogen (secondary N) is 1. The van der Waals surface area contributed by atoms with E-state index in [0.29, 0.717) is 4.90 Å². The molecular formula is C10H14N2O2S. The SMILES string of the molecule is CN(C)S(=O)(=O)c1ccc2c(c1)NCC2. The van der Waals surface area contributed by atoms with Gasteiger partial charge in [0.1, 0.15) is 0 Å². The fourth-order valence-electron chi connectivity index (χ4n) is 1.64. The average molecular weight is 226 g/mol. The van der Waals surface area contributed by atoms with Gasteiger partial charge in [-0.05, 0) is 24.1 Å². The van der Waals surface area contributed by atoms with Crippen LogP contribution < -0.4 is 5.32 Å². The first-order valence-electron chi connectivity index (χ1n) is 4.81. The van der Waals surface area contributed by atoms with Crippen LogP contribution in [0.3, 0.4) is 0 Å². The number of hydrogen-bond acceptors (Lipinski definition) is 3. The van der Waals surface area contributed by atoms with Gasteiger partial charge < -0.3 is 5.32 Å². The third-order valence-electron chi connectivity index (χ3n) is 2.57. The maximum atomic E-state index is 11.8. The Kier molecular flexibility index (Phi) is 2.44. The lowest BCUT2D eigenvalue weighted by Crippen LogP contribution is -2.22. The van der Waals surface area contributed by atoms with Crippen molar-refractivity contribution >= 4 is 15.7 Å². The second-order valence-corrected chi connectivity index (χ2v) is 5.93. The molecule has 15 heavy (non-hydrogen) atoms. The van der Waals surface area contributed by atoms with E-state index in [1.54, 1.807) is 12.1 Å². The Morgan fingerprint density at radius 3 is 2.73 bits per heavy atom. The van der Waals surface area contributed by atoms with E-state index in [2.05, 4.69) is 5.32 Å². The van der Waals surface area contributed by atoms with Crippen molar-refractivity contribution in [3.63, 3.8) is 0 Å². The predicted molar refractivity (Wildman–Crippen MR) is 59.5 cm³/mol. The Bertz CT molecular complexity index is 480. The van der Waals surface area contributed by atoms with Crippen LogP contribution in [0.5, 0.6) is 0 Å². The highest BCUT2D eigenvalue weighted by atomic mass is 32.2. The monoisotopic (exact) mass is 226 g/mol. The summed E-state index contributed by atoms with van der Waals surface area (Å²) in [6, 6.07) is 5.25. The van der Waals surface area contributed by atoms with Crippen molar-refractivity contribution in [3.05, 3.63) is 23.8 Å². The van der Waals surface area contributed by atoms with E-state index in [1.165, 1.54) is 24.0 Å². The van der Waals surface area contributed by atoms with Crippen LogP contribution in [0.25, 0.3) is 0 Å². The Balaban J connectivity index is 2.48. The van der Waals surface area contributed by atoms with Crippen LogP contribution in [-0.2, 0) is 16.4 Å².